The number of esters is 1. The number of hydrogen-bond donors (Lipinski definition) is 1. The van der Waals surface area contributed by atoms with E-state index in [2.05, 4.69) is 25.3 Å². The van der Waals surface area contributed by atoms with E-state index in [0.717, 1.165) is 30.9 Å². The van der Waals surface area contributed by atoms with Gasteiger partial charge < -0.3 is 29.3 Å². The molecule has 1 spiro atoms. The molecule has 3 aliphatic rings. The molecule has 0 aromatic heterocycles. The van der Waals surface area contributed by atoms with Gasteiger partial charge in [-0.05, 0) is 77.1 Å². The lowest BCUT2D eigenvalue weighted by Crippen LogP contribution is -2.56. The zero-order valence-electron chi connectivity index (χ0n) is 23.5. The number of carbonyl (C=O) groups is 3. The van der Waals surface area contributed by atoms with Crippen LogP contribution in [0.1, 0.15) is 52.9 Å². The lowest BCUT2D eigenvalue weighted by molar-refractivity contribution is -0.154. The summed E-state index contributed by atoms with van der Waals surface area (Å²) in [7, 11) is 0. The standard InChI is InChI=1S/C30H43N3O6/c1-5-18-32(22-14-12-21(13-15-22)31(6-2)7-3)28(36)26-30-17-16-23(39-30)24(29(37)38-8-4)25(30)27(35)33(26)19-10-9-11-20-34/h5,12-15,23-26,34H,1,6-11,16-20H2,2-4H3/t23-,24+,25+,26-,30+/m1/s1. The van der Waals surface area contributed by atoms with Crippen LogP contribution in [0, 0.1) is 11.8 Å². The molecule has 1 N–H and O–H groups in total. The number of rotatable bonds is 14. The number of benzene rings is 1. The topological polar surface area (TPSA) is 99.6 Å². The first kappa shape index (κ1) is 29.1. The summed E-state index contributed by atoms with van der Waals surface area (Å²) in [6.45, 7) is 12.5. The zero-order valence-corrected chi connectivity index (χ0v) is 23.5. The second kappa shape index (κ2) is 12.5. The van der Waals surface area contributed by atoms with Gasteiger partial charge in [0.05, 0.1) is 24.5 Å². The van der Waals surface area contributed by atoms with Crippen molar-refractivity contribution in [2.45, 2.75) is 70.6 Å². The third kappa shape index (κ3) is 5.18. The predicted molar refractivity (Wildman–Crippen MR) is 149 cm³/mol. The Bertz CT molecular complexity index is 1040. The number of likely N-dealkylation sites (tertiary alicyclic amines) is 1. The molecule has 1 aromatic rings. The molecule has 3 saturated heterocycles. The highest BCUT2D eigenvalue weighted by molar-refractivity contribution is 6.04. The first-order chi connectivity index (χ1) is 18.9. The Kier molecular flexibility index (Phi) is 9.33. The van der Waals surface area contributed by atoms with Gasteiger partial charge in [0.1, 0.15) is 11.6 Å². The Morgan fingerprint density at radius 1 is 1.15 bits per heavy atom. The molecule has 3 fully saturated rings. The Balaban J connectivity index is 1.69. The summed E-state index contributed by atoms with van der Waals surface area (Å²) < 4.78 is 11.8. The summed E-state index contributed by atoms with van der Waals surface area (Å²) in [5.74, 6) is -2.31. The summed E-state index contributed by atoms with van der Waals surface area (Å²) in [6.07, 6.45) is 4.40. The van der Waals surface area contributed by atoms with Gasteiger partial charge in [-0.2, -0.15) is 0 Å². The maximum absolute atomic E-state index is 14.5. The number of fused-ring (bicyclic) bond motifs is 1. The molecular weight excluding hydrogens is 498 g/mol. The fourth-order valence-electron chi connectivity index (χ4n) is 6.78. The monoisotopic (exact) mass is 541 g/mol. The molecule has 0 unspecified atom stereocenters. The van der Waals surface area contributed by atoms with Gasteiger partial charge >= 0.3 is 5.97 Å². The molecule has 9 nitrogen and oxygen atoms in total. The molecule has 2 bridgehead atoms. The third-order valence-electron chi connectivity index (χ3n) is 8.52. The van der Waals surface area contributed by atoms with Gasteiger partial charge in [-0.15, -0.1) is 6.58 Å². The Labute approximate surface area is 231 Å². The minimum atomic E-state index is -1.06. The second-order valence-electron chi connectivity index (χ2n) is 10.6. The van der Waals surface area contributed by atoms with Gasteiger partial charge in [0, 0.05) is 44.2 Å². The number of ether oxygens (including phenoxy) is 2. The number of aliphatic hydroxyl groups excluding tert-OH is 1. The van der Waals surface area contributed by atoms with Crippen LogP contribution in [0.2, 0.25) is 0 Å². The molecule has 3 aliphatic heterocycles. The molecule has 0 radical (unpaired) electrons. The van der Waals surface area contributed by atoms with Crippen molar-refractivity contribution in [2.75, 3.05) is 49.2 Å². The van der Waals surface area contributed by atoms with E-state index in [1.165, 1.54) is 0 Å². The minimum Gasteiger partial charge on any atom is -0.466 e. The number of hydrogen-bond acceptors (Lipinski definition) is 7. The van der Waals surface area contributed by atoms with Crippen molar-refractivity contribution in [3.63, 3.8) is 0 Å². The van der Waals surface area contributed by atoms with Crippen LogP contribution in [0.25, 0.3) is 0 Å². The maximum Gasteiger partial charge on any atom is 0.312 e. The van der Waals surface area contributed by atoms with Crippen molar-refractivity contribution in [2.24, 2.45) is 11.8 Å². The average Bonchev–Trinajstić information content (AvgIpc) is 3.58. The van der Waals surface area contributed by atoms with Crippen molar-refractivity contribution >= 4 is 29.2 Å². The van der Waals surface area contributed by atoms with Crippen LogP contribution in [0.3, 0.4) is 0 Å². The molecule has 2 amide bonds. The van der Waals surface area contributed by atoms with E-state index in [-0.39, 0.29) is 31.6 Å². The molecule has 0 aliphatic carbocycles. The average molecular weight is 542 g/mol. The van der Waals surface area contributed by atoms with Crippen molar-refractivity contribution in [3.8, 4) is 0 Å². The smallest absolute Gasteiger partial charge is 0.312 e. The maximum atomic E-state index is 14.5. The first-order valence-corrected chi connectivity index (χ1v) is 14.4. The van der Waals surface area contributed by atoms with E-state index in [1.807, 2.05) is 24.3 Å². The summed E-state index contributed by atoms with van der Waals surface area (Å²) >= 11 is 0. The van der Waals surface area contributed by atoms with Gasteiger partial charge in [-0.3, -0.25) is 14.4 Å². The van der Waals surface area contributed by atoms with E-state index in [1.54, 1.807) is 22.8 Å². The lowest BCUT2D eigenvalue weighted by atomic mass is 9.70. The first-order valence-electron chi connectivity index (χ1n) is 14.4. The van der Waals surface area contributed by atoms with Crippen LogP contribution < -0.4 is 9.80 Å². The van der Waals surface area contributed by atoms with Crippen molar-refractivity contribution < 1.29 is 29.0 Å². The van der Waals surface area contributed by atoms with Gasteiger partial charge in [0.15, 0.2) is 0 Å². The molecule has 214 valence electrons. The zero-order chi connectivity index (χ0) is 28.2. The highest BCUT2D eigenvalue weighted by atomic mass is 16.6. The van der Waals surface area contributed by atoms with E-state index >= 15 is 0 Å². The quantitative estimate of drug-likeness (QED) is 0.219. The van der Waals surface area contributed by atoms with Gasteiger partial charge in [0.2, 0.25) is 5.91 Å². The Morgan fingerprint density at radius 2 is 1.85 bits per heavy atom. The van der Waals surface area contributed by atoms with Crippen LogP contribution in [-0.4, -0.2) is 84.9 Å². The highest BCUT2D eigenvalue weighted by Crippen LogP contribution is 2.59. The number of aliphatic hydroxyl groups is 1. The number of carbonyl (C=O) groups excluding carboxylic acids is 3. The molecule has 5 atom stereocenters. The molecule has 1 aromatic carbocycles. The summed E-state index contributed by atoms with van der Waals surface area (Å²) in [4.78, 5) is 47.0. The molecular formula is C30H43N3O6. The Hall–Kier alpha value is -2.91. The summed E-state index contributed by atoms with van der Waals surface area (Å²) in [6, 6.07) is 7.03. The van der Waals surface area contributed by atoms with Crippen molar-refractivity contribution in [3.05, 3.63) is 36.9 Å². The van der Waals surface area contributed by atoms with Crippen LogP contribution in [0.4, 0.5) is 11.4 Å². The Morgan fingerprint density at radius 3 is 2.46 bits per heavy atom. The normalized spacial score (nSPS) is 27.0. The van der Waals surface area contributed by atoms with Crippen LogP contribution in [0.5, 0.6) is 0 Å². The van der Waals surface area contributed by atoms with E-state index in [4.69, 9.17) is 9.47 Å². The minimum absolute atomic E-state index is 0.0786. The fraction of sp³-hybridized carbons (Fsp3) is 0.633. The van der Waals surface area contributed by atoms with Crippen molar-refractivity contribution in [1.29, 1.82) is 0 Å². The van der Waals surface area contributed by atoms with Crippen LogP contribution in [-0.2, 0) is 23.9 Å². The van der Waals surface area contributed by atoms with Crippen LogP contribution in [0.15, 0.2) is 36.9 Å². The summed E-state index contributed by atoms with van der Waals surface area (Å²) in [5, 5.41) is 9.23. The molecule has 0 saturated carbocycles. The van der Waals surface area contributed by atoms with Gasteiger partial charge in [-0.25, -0.2) is 0 Å². The highest BCUT2D eigenvalue weighted by Gasteiger charge is 2.75. The third-order valence-corrected chi connectivity index (χ3v) is 8.52. The van der Waals surface area contributed by atoms with E-state index < -0.39 is 35.6 Å². The van der Waals surface area contributed by atoms with Gasteiger partial charge in [0.25, 0.3) is 5.91 Å². The predicted octanol–water partition coefficient (Wildman–Crippen LogP) is 3.15. The van der Waals surface area contributed by atoms with Crippen LogP contribution >= 0.6 is 0 Å². The number of unbranched alkanes of at least 4 members (excludes halogenated alkanes) is 2. The van der Waals surface area contributed by atoms with E-state index in [9.17, 15) is 19.5 Å². The molecule has 39 heavy (non-hydrogen) atoms. The molecule has 3 heterocycles. The SMILES string of the molecule is C=CCN(C(=O)[C@H]1N(CCCCCO)C(=O)[C@@H]2[C@@H](C(=O)OCC)[C@H]3CC[C@]21O3)c1ccc(N(CC)CC)cc1. The number of amides is 2. The fourth-order valence-corrected chi connectivity index (χ4v) is 6.78. The van der Waals surface area contributed by atoms with E-state index in [0.29, 0.717) is 32.2 Å². The lowest BCUT2D eigenvalue weighted by Gasteiger charge is -2.37. The van der Waals surface area contributed by atoms with Gasteiger partial charge in [-0.1, -0.05) is 6.08 Å². The molecule has 9 heteroatoms. The molecule has 4 rings (SSSR count). The number of nitrogens with zero attached hydrogens (tertiary/aromatic N) is 3. The largest absolute Gasteiger partial charge is 0.466 e. The number of anilines is 2. The summed E-state index contributed by atoms with van der Waals surface area (Å²) in [5.41, 5.74) is 0.733. The van der Waals surface area contributed by atoms with Crippen molar-refractivity contribution in [1.82, 2.24) is 4.90 Å². The second-order valence-corrected chi connectivity index (χ2v) is 10.6.